The Kier molecular flexibility index (Phi) is 3.09. The average molecular weight is 308 g/mol. The number of aliphatic hydroxyl groups is 1. The second kappa shape index (κ2) is 4.74. The summed E-state index contributed by atoms with van der Waals surface area (Å²) in [5.74, 6) is 0. The topological polar surface area (TPSA) is 41.3 Å². The van der Waals surface area contributed by atoms with Crippen molar-refractivity contribution in [1.29, 1.82) is 0 Å². The van der Waals surface area contributed by atoms with Crippen LogP contribution in [0.5, 0.6) is 0 Å². The molecule has 18 heavy (non-hydrogen) atoms. The van der Waals surface area contributed by atoms with E-state index in [0.717, 1.165) is 35.5 Å². The lowest BCUT2D eigenvalue weighted by atomic mass is 10.2. The fourth-order valence-electron chi connectivity index (χ4n) is 2.25. The van der Waals surface area contributed by atoms with Gasteiger partial charge in [-0.25, -0.2) is 4.98 Å². The largest absolute Gasteiger partial charge is 0.391 e. The van der Waals surface area contributed by atoms with Gasteiger partial charge in [-0.05, 0) is 46.6 Å². The normalized spacial score (nSPS) is 19.4. The number of halogens is 1. The van der Waals surface area contributed by atoms with E-state index in [0.29, 0.717) is 0 Å². The molecule has 2 heterocycles. The highest BCUT2D eigenvalue weighted by Crippen LogP contribution is 2.22. The molecular formula is C13H14BrN3O. The van der Waals surface area contributed by atoms with Crippen molar-refractivity contribution in [3.05, 3.63) is 41.4 Å². The molecule has 1 atom stereocenters. The van der Waals surface area contributed by atoms with Crippen molar-refractivity contribution in [2.75, 3.05) is 18.0 Å². The summed E-state index contributed by atoms with van der Waals surface area (Å²) in [5.41, 5.74) is 2.24. The van der Waals surface area contributed by atoms with Gasteiger partial charge in [0.25, 0.3) is 0 Å². The Labute approximate surface area is 114 Å². The Bertz CT molecular complexity index is 537. The van der Waals surface area contributed by atoms with Crippen LogP contribution < -0.4 is 4.90 Å². The van der Waals surface area contributed by atoms with Crippen LogP contribution in [0.25, 0.3) is 5.69 Å². The molecule has 1 aliphatic rings. The Morgan fingerprint density at radius 2 is 1.94 bits per heavy atom. The molecule has 1 fully saturated rings. The lowest BCUT2D eigenvalue weighted by Gasteiger charge is -2.18. The van der Waals surface area contributed by atoms with E-state index < -0.39 is 0 Å². The number of aromatic nitrogens is 2. The molecule has 3 rings (SSSR count). The van der Waals surface area contributed by atoms with Crippen molar-refractivity contribution in [2.45, 2.75) is 12.5 Å². The summed E-state index contributed by atoms with van der Waals surface area (Å²) < 4.78 is 2.79. The predicted molar refractivity (Wildman–Crippen MR) is 74.1 cm³/mol. The van der Waals surface area contributed by atoms with Crippen LogP contribution in [0.4, 0.5) is 5.69 Å². The van der Waals surface area contributed by atoms with Crippen LogP contribution in [0, 0.1) is 0 Å². The van der Waals surface area contributed by atoms with Crippen LogP contribution in [0.3, 0.4) is 0 Å². The van der Waals surface area contributed by atoms with Crippen molar-refractivity contribution in [1.82, 2.24) is 9.55 Å². The van der Waals surface area contributed by atoms with Crippen molar-refractivity contribution in [2.24, 2.45) is 0 Å². The van der Waals surface area contributed by atoms with E-state index in [4.69, 9.17) is 0 Å². The SMILES string of the molecule is OC1CCN(c2ccc(-n3cnc(Br)c3)cc2)C1. The van der Waals surface area contributed by atoms with E-state index in [1.54, 1.807) is 6.33 Å². The molecule has 1 aromatic carbocycles. The molecule has 0 radical (unpaired) electrons. The lowest BCUT2D eigenvalue weighted by molar-refractivity contribution is 0.198. The van der Waals surface area contributed by atoms with Gasteiger partial charge in [0.15, 0.2) is 0 Å². The first-order valence-corrected chi connectivity index (χ1v) is 6.74. The molecule has 94 valence electrons. The number of aliphatic hydroxyl groups excluding tert-OH is 1. The molecule has 0 saturated carbocycles. The first-order valence-electron chi connectivity index (χ1n) is 5.95. The van der Waals surface area contributed by atoms with Crippen molar-refractivity contribution in [3.8, 4) is 5.69 Å². The summed E-state index contributed by atoms with van der Waals surface area (Å²) in [6, 6.07) is 8.30. The molecule has 4 nitrogen and oxygen atoms in total. The molecule has 2 aromatic rings. The summed E-state index contributed by atoms with van der Waals surface area (Å²) >= 11 is 3.34. The van der Waals surface area contributed by atoms with Crippen LogP contribution in [0.15, 0.2) is 41.4 Å². The van der Waals surface area contributed by atoms with Gasteiger partial charge >= 0.3 is 0 Å². The van der Waals surface area contributed by atoms with Gasteiger partial charge in [-0.2, -0.15) is 0 Å². The summed E-state index contributed by atoms with van der Waals surface area (Å²) in [5, 5.41) is 9.54. The van der Waals surface area contributed by atoms with Gasteiger partial charge in [0.05, 0.1) is 6.10 Å². The second-order valence-electron chi connectivity index (χ2n) is 4.51. The average Bonchev–Trinajstić information content (AvgIpc) is 2.98. The highest BCUT2D eigenvalue weighted by molar-refractivity contribution is 9.10. The predicted octanol–water partition coefficient (Wildman–Crippen LogP) is 2.21. The molecule has 1 aliphatic heterocycles. The molecule has 0 aliphatic carbocycles. The quantitative estimate of drug-likeness (QED) is 0.925. The lowest BCUT2D eigenvalue weighted by Crippen LogP contribution is -2.20. The van der Waals surface area contributed by atoms with E-state index in [9.17, 15) is 5.11 Å². The maximum absolute atomic E-state index is 9.54. The zero-order valence-corrected chi connectivity index (χ0v) is 11.4. The number of anilines is 1. The number of β-amino-alcohol motifs (C(OH)–C–C–N with tert-alkyl or cyclic N) is 1. The number of nitrogens with zero attached hydrogens (tertiary/aromatic N) is 3. The van der Waals surface area contributed by atoms with Gasteiger partial charge in [-0.15, -0.1) is 0 Å². The minimum atomic E-state index is -0.186. The van der Waals surface area contributed by atoms with Crippen LogP contribution in [0.1, 0.15) is 6.42 Å². The van der Waals surface area contributed by atoms with Crippen LogP contribution in [0.2, 0.25) is 0 Å². The van der Waals surface area contributed by atoms with Gasteiger partial charge in [0.2, 0.25) is 0 Å². The standard InChI is InChI=1S/C13H14BrN3O/c14-13-8-17(9-15-13)11-3-1-10(2-4-11)16-6-5-12(18)7-16/h1-4,8-9,12,18H,5-7H2. The van der Waals surface area contributed by atoms with Gasteiger partial charge in [-0.3, -0.25) is 0 Å². The van der Waals surface area contributed by atoms with E-state index in [1.165, 1.54) is 0 Å². The van der Waals surface area contributed by atoms with E-state index in [-0.39, 0.29) is 6.10 Å². The minimum absolute atomic E-state index is 0.186. The molecule has 0 amide bonds. The Balaban J connectivity index is 1.81. The minimum Gasteiger partial charge on any atom is -0.391 e. The zero-order valence-electron chi connectivity index (χ0n) is 9.83. The second-order valence-corrected chi connectivity index (χ2v) is 5.32. The highest BCUT2D eigenvalue weighted by Gasteiger charge is 2.20. The van der Waals surface area contributed by atoms with Crippen LogP contribution in [-0.2, 0) is 0 Å². The van der Waals surface area contributed by atoms with Gasteiger partial charge < -0.3 is 14.6 Å². The van der Waals surface area contributed by atoms with Crippen molar-refractivity contribution < 1.29 is 5.11 Å². The number of hydrogen-bond acceptors (Lipinski definition) is 3. The summed E-state index contributed by atoms with van der Waals surface area (Å²) in [6.07, 6.45) is 4.37. The number of rotatable bonds is 2. The van der Waals surface area contributed by atoms with Crippen LogP contribution in [-0.4, -0.2) is 33.9 Å². The number of benzene rings is 1. The van der Waals surface area contributed by atoms with Gasteiger partial charge in [0, 0.05) is 30.7 Å². The maximum atomic E-state index is 9.54. The van der Waals surface area contributed by atoms with Crippen LogP contribution >= 0.6 is 15.9 Å². The number of imidazole rings is 1. The first kappa shape index (κ1) is 11.7. The van der Waals surface area contributed by atoms with Crippen molar-refractivity contribution >= 4 is 21.6 Å². The smallest absolute Gasteiger partial charge is 0.124 e. The monoisotopic (exact) mass is 307 g/mol. The third-order valence-electron chi connectivity index (χ3n) is 3.23. The summed E-state index contributed by atoms with van der Waals surface area (Å²) in [7, 11) is 0. The third-order valence-corrected chi connectivity index (χ3v) is 3.64. The highest BCUT2D eigenvalue weighted by atomic mass is 79.9. The molecule has 1 unspecified atom stereocenters. The molecule has 1 N–H and O–H groups in total. The molecule has 0 spiro atoms. The van der Waals surface area contributed by atoms with Crippen molar-refractivity contribution in [3.63, 3.8) is 0 Å². The molecule has 5 heteroatoms. The van der Waals surface area contributed by atoms with Gasteiger partial charge in [-0.1, -0.05) is 0 Å². The molecule has 1 aromatic heterocycles. The molecule has 1 saturated heterocycles. The van der Waals surface area contributed by atoms with E-state index in [1.807, 2.05) is 10.8 Å². The summed E-state index contributed by atoms with van der Waals surface area (Å²) in [4.78, 5) is 6.35. The molecule has 0 bridgehead atoms. The van der Waals surface area contributed by atoms with Gasteiger partial charge in [0.1, 0.15) is 10.9 Å². The Morgan fingerprint density at radius 3 is 2.50 bits per heavy atom. The zero-order chi connectivity index (χ0) is 12.5. The maximum Gasteiger partial charge on any atom is 0.124 e. The number of hydrogen-bond donors (Lipinski definition) is 1. The Hall–Kier alpha value is -1.33. The van der Waals surface area contributed by atoms with E-state index in [2.05, 4.69) is 50.1 Å². The first-order chi connectivity index (χ1) is 8.72. The third kappa shape index (κ3) is 2.28. The Morgan fingerprint density at radius 1 is 1.22 bits per heavy atom. The fourth-order valence-corrected chi connectivity index (χ4v) is 2.56. The molecular weight excluding hydrogens is 294 g/mol. The fraction of sp³-hybridized carbons (Fsp3) is 0.308. The van der Waals surface area contributed by atoms with E-state index >= 15 is 0 Å². The summed E-state index contributed by atoms with van der Waals surface area (Å²) in [6.45, 7) is 1.66.